The molecule has 14 heteroatoms. The smallest absolute Gasteiger partial charge is 0.335 e. The summed E-state index contributed by atoms with van der Waals surface area (Å²) in [5, 5.41) is 32.5. The number of hydrogen-bond donors (Lipinski definition) is 5. The molecule has 1 aromatic rings. The number of aliphatic hydroxyl groups is 2. The number of nitrogens with zero attached hydrogens (tertiary/aromatic N) is 1. The van der Waals surface area contributed by atoms with E-state index in [4.69, 9.17) is 15.2 Å². The third kappa shape index (κ3) is 5.16. The third-order valence-corrected chi connectivity index (χ3v) is 9.16. The van der Waals surface area contributed by atoms with E-state index in [0.29, 0.717) is 25.9 Å². The van der Waals surface area contributed by atoms with E-state index in [-0.39, 0.29) is 38.7 Å². The number of Topliss-reactive ketones (excluding diaryl/α,β-unsaturated/α-hetero) is 1. The molecule has 2 heterocycles. The highest BCUT2D eigenvalue weighted by Crippen LogP contribution is 2.35. The van der Waals surface area contributed by atoms with Gasteiger partial charge in [-0.15, -0.1) is 0 Å². The molecule has 6 atom stereocenters. The number of nitrogens with two attached hydrogens (primary N) is 1. The SMILES string of the molecule is CC[N+]1(C2OC(C(=O)O)C(O)C(O)C2=O)CCCC1CNC(=O)c1cc(S(=O)(=O)CC)c(N)cc1OC. The predicted octanol–water partition coefficient (Wildman–Crippen LogP) is -1.10. The zero-order chi connectivity index (χ0) is 27.7. The first-order chi connectivity index (χ1) is 17.3. The Labute approximate surface area is 214 Å². The normalized spacial score (nSPS) is 30.2. The molecule has 37 heavy (non-hydrogen) atoms. The van der Waals surface area contributed by atoms with Gasteiger partial charge < -0.3 is 35.8 Å². The molecule has 6 unspecified atom stereocenters. The molecule has 2 fully saturated rings. The molecular formula is C23H34N3O10S+. The van der Waals surface area contributed by atoms with Gasteiger partial charge >= 0.3 is 5.97 Å². The zero-order valence-corrected chi connectivity index (χ0v) is 21.7. The summed E-state index contributed by atoms with van der Waals surface area (Å²) in [5.41, 5.74) is 5.80. The number of carboxylic acids is 1. The highest BCUT2D eigenvalue weighted by atomic mass is 32.2. The molecule has 0 spiro atoms. The average Bonchev–Trinajstić information content (AvgIpc) is 3.28. The molecule has 0 aliphatic carbocycles. The number of quaternary nitrogens is 1. The van der Waals surface area contributed by atoms with Crippen molar-refractivity contribution in [2.75, 3.05) is 38.2 Å². The van der Waals surface area contributed by atoms with Gasteiger partial charge in [0, 0.05) is 18.9 Å². The Bertz CT molecular complexity index is 1170. The second kappa shape index (κ2) is 10.9. The lowest BCUT2D eigenvalue weighted by atomic mass is 9.97. The van der Waals surface area contributed by atoms with Crippen molar-refractivity contribution in [3.8, 4) is 5.75 Å². The lowest BCUT2D eigenvalue weighted by molar-refractivity contribution is -0.971. The van der Waals surface area contributed by atoms with Crippen molar-refractivity contribution in [1.29, 1.82) is 0 Å². The molecule has 2 saturated heterocycles. The summed E-state index contributed by atoms with van der Waals surface area (Å²) in [6, 6.07) is 2.05. The highest BCUT2D eigenvalue weighted by Gasteiger charge is 2.58. The molecule has 1 aromatic carbocycles. The fourth-order valence-corrected chi connectivity index (χ4v) is 6.26. The number of ether oxygens (including phenoxy) is 2. The van der Waals surface area contributed by atoms with Crippen LogP contribution in [0.1, 0.15) is 37.0 Å². The molecule has 2 aliphatic heterocycles. The first-order valence-corrected chi connectivity index (χ1v) is 13.6. The number of anilines is 1. The summed E-state index contributed by atoms with van der Waals surface area (Å²) in [4.78, 5) is 37.5. The van der Waals surface area contributed by atoms with Gasteiger partial charge in [-0.1, -0.05) is 6.92 Å². The van der Waals surface area contributed by atoms with Crippen molar-refractivity contribution < 1.29 is 52.1 Å². The quantitative estimate of drug-likeness (QED) is 0.186. The topological polar surface area (TPSA) is 203 Å². The lowest BCUT2D eigenvalue weighted by Gasteiger charge is -2.47. The number of rotatable bonds is 9. The van der Waals surface area contributed by atoms with Gasteiger partial charge in [-0.2, -0.15) is 0 Å². The van der Waals surface area contributed by atoms with Crippen LogP contribution in [0.4, 0.5) is 5.69 Å². The summed E-state index contributed by atoms with van der Waals surface area (Å²) in [5.74, 6) is -3.08. The van der Waals surface area contributed by atoms with Crippen LogP contribution in [0.25, 0.3) is 0 Å². The lowest BCUT2D eigenvalue weighted by Crippen LogP contribution is -2.71. The van der Waals surface area contributed by atoms with Crippen molar-refractivity contribution >= 4 is 33.2 Å². The predicted molar refractivity (Wildman–Crippen MR) is 129 cm³/mol. The van der Waals surface area contributed by atoms with Gasteiger partial charge in [0.15, 0.2) is 22.0 Å². The summed E-state index contributed by atoms with van der Waals surface area (Å²) < 4.78 is 35.6. The maximum Gasteiger partial charge on any atom is 0.335 e. The van der Waals surface area contributed by atoms with Crippen LogP contribution in [0.15, 0.2) is 17.0 Å². The van der Waals surface area contributed by atoms with E-state index in [1.807, 2.05) is 0 Å². The number of carbonyl (C=O) groups excluding carboxylic acids is 2. The van der Waals surface area contributed by atoms with Crippen molar-refractivity contribution in [3.05, 3.63) is 17.7 Å². The van der Waals surface area contributed by atoms with Gasteiger partial charge in [-0.05, 0) is 13.0 Å². The number of likely N-dealkylation sites (tertiary alicyclic amines) is 1. The molecule has 13 nitrogen and oxygen atoms in total. The van der Waals surface area contributed by atoms with Crippen LogP contribution in [0.2, 0.25) is 0 Å². The van der Waals surface area contributed by atoms with E-state index in [1.165, 1.54) is 26.2 Å². The molecule has 0 aromatic heterocycles. The van der Waals surface area contributed by atoms with Crippen LogP contribution in [-0.2, 0) is 24.2 Å². The molecule has 0 saturated carbocycles. The van der Waals surface area contributed by atoms with Crippen LogP contribution in [-0.4, -0.2) is 109 Å². The Morgan fingerprint density at radius 2 is 1.95 bits per heavy atom. The number of likely N-dealkylation sites (N-methyl/N-ethyl adjacent to an activating group) is 1. The summed E-state index contributed by atoms with van der Waals surface area (Å²) in [7, 11) is -2.40. The number of aliphatic carboxylic acids is 1. The van der Waals surface area contributed by atoms with Crippen molar-refractivity contribution in [2.45, 2.75) is 62.2 Å². The Morgan fingerprint density at radius 3 is 2.51 bits per heavy atom. The molecule has 0 bridgehead atoms. The fraction of sp³-hybridized carbons (Fsp3) is 0.609. The molecule has 1 amide bonds. The van der Waals surface area contributed by atoms with E-state index in [1.54, 1.807) is 6.92 Å². The number of amides is 1. The van der Waals surface area contributed by atoms with Gasteiger partial charge in [0.1, 0.15) is 17.9 Å². The molecular weight excluding hydrogens is 510 g/mol. The highest BCUT2D eigenvalue weighted by molar-refractivity contribution is 7.91. The largest absolute Gasteiger partial charge is 0.496 e. The number of carbonyl (C=O) groups is 3. The molecule has 6 N–H and O–H groups in total. The minimum Gasteiger partial charge on any atom is -0.496 e. The van der Waals surface area contributed by atoms with Gasteiger partial charge in [0.25, 0.3) is 12.1 Å². The molecule has 0 radical (unpaired) electrons. The number of methoxy groups -OCH3 is 1. The Hall–Kier alpha value is -2.78. The molecule has 2 aliphatic rings. The Kier molecular flexibility index (Phi) is 8.49. The zero-order valence-electron chi connectivity index (χ0n) is 20.9. The average molecular weight is 545 g/mol. The van der Waals surface area contributed by atoms with E-state index in [9.17, 15) is 38.1 Å². The number of hydrogen-bond acceptors (Lipinski definition) is 10. The van der Waals surface area contributed by atoms with E-state index in [2.05, 4.69) is 5.32 Å². The second-order valence-electron chi connectivity index (χ2n) is 9.23. The maximum atomic E-state index is 13.2. The van der Waals surface area contributed by atoms with Gasteiger partial charge in [0.05, 0.1) is 48.6 Å². The van der Waals surface area contributed by atoms with Crippen molar-refractivity contribution in [2.24, 2.45) is 0 Å². The van der Waals surface area contributed by atoms with Crippen LogP contribution in [0.3, 0.4) is 0 Å². The minimum absolute atomic E-state index is 0.0363. The van der Waals surface area contributed by atoms with Crippen LogP contribution in [0, 0.1) is 0 Å². The third-order valence-electron chi connectivity index (χ3n) is 7.37. The Balaban J connectivity index is 1.88. The number of benzene rings is 1. The van der Waals surface area contributed by atoms with Crippen LogP contribution in [0.5, 0.6) is 5.75 Å². The standard InChI is InChI=1S/C23H33N3O10S/c1-4-26(22-19(29)17(27)18(28)20(36-22)23(31)32)8-6-7-12(26)11-25-21(30)13-9-16(37(33,34)5-2)14(24)10-15(13)35-3/h9-10,12,17-18,20,22,27-28H,4-8,11H2,1-3H3,(H3-,24,25,30,31,32)/p+1. The second-order valence-corrected chi connectivity index (χ2v) is 11.5. The summed E-state index contributed by atoms with van der Waals surface area (Å²) in [6.45, 7) is 4.04. The number of nitrogen functional groups attached to an aromatic ring is 1. The van der Waals surface area contributed by atoms with Crippen LogP contribution < -0.4 is 15.8 Å². The van der Waals surface area contributed by atoms with Crippen molar-refractivity contribution in [3.63, 3.8) is 0 Å². The van der Waals surface area contributed by atoms with Crippen LogP contribution >= 0.6 is 0 Å². The summed E-state index contributed by atoms with van der Waals surface area (Å²) in [6.07, 6.45) is -5.75. The first kappa shape index (κ1) is 28.8. The summed E-state index contributed by atoms with van der Waals surface area (Å²) >= 11 is 0. The molecule has 206 valence electrons. The monoisotopic (exact) mass is 544 g/mol. The fourth-order valence-electron chi connectivity index (χ4n) is 5.23. The maximum absolute atomic E-state index is 13.2. The number of nitrogens with one attached hydrogen (secondary N) is 1. The van der Waals surface area contributed by atoms with Gasteiger partial charge in [-0.25, -0.2) is 13.2 Å². The van der Waals surface area contributed by atoms with Gasteiger partial charge in [0.2, 0.25) is 5.78 Å². The van der Waals surface area contributed by atoms with E-state index in [0.717, 1.165) is 0 Å². The number of sulfone groups is 1. The van der Waals surface area contributed by atoms with Crippen molar-refractivity contribution in [1.82, 2.24) is 5.32 Å². The number of aliphatic hydroxyl groups excluding tert-OH is 2. The molecule has 3 rings (SSSR count). The minimum atomic E-state index is -3.72. The first-order valence-electron chi connectivity index (χ1n) is 12.0. The number of carboxylic acid groups (broad SMARTS) is 1. The Morgan fingerprint density at radius 1 is 1.27 bits per heavy atom. The number of ketones is 1. The van der Waals surface area contributed by atoms with E-state index >= 15 is 0 Å². The van der Waals surface area contributed by atoms with E-state index < -0.39 is 58.1 Å². The van der Waals surface area contributed by atoms with Gasteiger partial charge in [-0.3, -0.25) is 14.1 Å².